The zero-order chi connectivity index (χ0) is 22.6. The van der Waals surface area contributed by atoms with Crippen molar-refractivity contribution >= 4 is 38.9 Å². The Hall–Kier alpha value is -2.27. The third kappa shape index (κ3) is 5.51. The number of sulfonamides is 1. The van der Waals surface area contributed by atoms with Gasteiger partial charge in [0.1, 0.15) is 4.88 Å². The van der Waals surface area contributed by atoms with Crippen LogP contribution in [0.1, 0.15) is 34.0 Å². The molecule has 168 valence electrons. The van der Waals surface area contributed by atoms with Gasteiger partial charge in [0.15, 0.2) is 6.10 Å². The van der Waals surface area contributed by atoms with Crippen molar-refractivity contribution < 1.29 is 27.5 Å². The Balaban J connectivity index is 1.60. The van der Waals surface area contributed by atoms with Crippen LogP contribution in [-0.2, 0) is 30.7 Å². The van der Waals surface area contributed by atoms with Gasteiger partial charge in [0.05, 0.1) is 18.1 Å². The maximum Gasteiger partial charge on any atom is 0.349 e. The number of anilines is 1. The van der Waals surface area contributed by atoms with Crippen LogP contribution in [0.15, 0.2) is 35.2 Å². The Kier molecular flexibility index (Phi) is 7.47. The number of rotatable bonds is 7. The van der Waals surface area contributed by atoms with Crippen LogP contribution >= 0.6 is 11.3 Å². The van der Waals surface area contributed by atoms with E-state index in [9.17, 15) is 18.0 Å². The fraction of sp³-hybridized carbons (Fsp3) is 0.429. The number of hydrogen-bond donors (Lipinski definition) is 1. The zero-order valence-corrected chi connectivity index (χ0v) is 19.3. The summed E-state index contributed by atoms with van der Waals surface area (Å²) in [5.74, 6) is -1.04. The topological polar surface area (TPSA) is 102 Å². The van der Waals surface area contributed by atoms with E-state index in [1.54, 1.807) is 6.07 Å². The highest BCUT2D eigenvalue weighted by atomic mass is 32.2. The second-order valence-corrected chi connectivity index (χ2v) is 10.2. The average molecular weight is 467 g/mol. The molecule has 31 heavy (non-hydrogen) atoms. The summed E-state index contributed by atoms with van der Waals surface area (Å²) in [6, 6.07) is 7.67. The van der Waals surface area contributed by atoms with Gasteiger partial charge < -0.3 is 14.8 Å². The summed E-state index contributed by atoms with van der Waals surface area (Å²) in [7, 11) is -3.60. The molecule has 10 heteroatoms. The van der Waals surface area contributed by atoms with E-state index in [1.165, 1.54) is 46.8 Å². The number of benzene rings is 1. The van der Waals surface area contributed by atoms with Crippen LogP contribution in [0.25, 0.3) is 0 Å². The second kappa shape index (κ2) is 9.90. The summed E-state index contributed by atoms with van der Waals surface area (Å²) in [4.78, 5) is 26.5. The van der Waals surface area contributed by atoms with E-state index in [0.29, 0.717) is 36.9 Å². The molecule has 3 rings (SSSR count). The van der Waals surface area contributed by atoms with Gasteiger partial charge in [-0.3, -0.25) is 4.79 Å². The lowest BCUT2D eigenvalue weighted by molar-refractivity contribution is -0.123. The molecule has 1 aromatic heterocycles. The molecule has 0 saturated carbocycles. The van der Waals surface area contributed by atoms with Crippen molar-refractivity contribution in [1.29, 1.82) is 0 Å². The molecule has 1 N–H and O–H groups in total. The maximum atomic E-state index is 12.7. The molecule has 0 bridgehead atoms. The summed E-state index contributed by atoms with van der Waals surface area (Å²) in [6.45, 7) is 6.81. The average Bonchev–Trinajstić information content (AvgIpc) is 3.15. The summed E-state index contributed by atoms with van der Waals surface area (Å²) in [6.07, 6.45) is -0.173. The van der Waals surface area contributed by atoms with Crippen LogP contribution in [0, 0.1) is 6.92 Å². The zero-order valence-electron chi connectivity index (χ0n) is 17.7. The first-order chi connectivity index (χ1) is 14.7. The summed E-state index contributed by atoms with van der Waals surface area (Å²) < 4.78 is 37.2. The summed E-state index contributed by atoms with van der Waals surface area (Å²) >= 11 is 1.37. The Bertz CT molecular complexity index is 1040. The summed E-state index contributed by atoms with van der Waals surface area (Å²) in [5, 5.41) is 2.64. The molecule has 0 spiro atoms. The van der Waals surface area contributed by atoms with Crippen molar-refractivity contribution in [2.75, 3.05) is 31.6 Å². The number of amides is 1. The predicted molar refractivity (Wildman–Crippen MR) is 118 cm³/mol. The Morgan fingerprint density at radius 2 is 1.87 bits per heavy atom. The van der Waals surface area contributed by atoms with Gasteiger partial charge in [-0.15, -0.1) is 11.3 Å². The molecule has 1 aromatic carbocycles. The highest BCUT2D eigenvalue weighted by Crippen LogP contribution is 2.24. The van der Waals surface area contributed by atoms with Crippen LogP contribution in [0.4, 0.5) is 5.69 Å². The number of ether oxygens (including phenoxy) is 2. The minimum absolute atomic E-state index is 0.145. The fourth-order valence-electron chi connectivity index (χ4n) is 3.13. The molecule has 1 unspecified atom stereocenters. The monoisotopic (exact) mass is 466 g/mol. The lowest BCUT2D eigenvalue weighted by Gasteiger charge is -2.26. The van der Waals surface area contributed by atoms with E-state index in [4.69, 9.17) is 9.47 Å². The van der Waals surface area contributed by atoms with Crippen LogP contribution in [-0.4, -0.2) is 57.0 Å². The van der Waals surface area contributed by atoms with Crippen molar-refractivity contribution in [2.45, 2.75) is 38.2 Å². The number of carbonyl (C=O) groups excluding carboxylic acids is 2. The van der Waals surface area contributed by atoms with Crippen molar-refractivity contribution in [2.24, 2.45) is 0 Å². The van der Waals surface area contributed by atoms with Crippen LogP contribution in [0.3, 0.4) is 0 Å². The largest absolute Gasteiger partial charge is 0.448 e. The number of nitrogens with zero attached hydrogens (tertiary/aromatic N) is 1. The number of esters is 1. The predicted octanol–water partition coefficient (Wildman–Crippen LogP) is 2.82. The minimum Gasteiger partial charge on any atom is -0.448 e. The molecule has 1 aliphatic heterocycles. The number of nitrogens with one attached hydrogen (secondary N) is 1. The molecule has 2 aromatic rings. The van der Waals surface area contributed by atoms with Gasteiger partial charge in [-0.05, 0) is 56.2 Å². The normalized spacial score (nSPS) is 16.0. The van der Waals surface area contributed by atoms with Crippen LogP contribution in [0.5, 0.6) is 0 Å². The number of carbonyl (C=O) groups is 2. The first kappa shape index (κ1) is 23.4. The van der Waals surface area contributed by atoms with E-state index in [1.807, 2.05) is 13.8 Å². The number of aryl methyl sites for hydroxylation is 2. The van der Waals surface area contributed by atoms with Gasteiger partial charge in [-0.2, -0.15) is 4.31 Å². The van der Waals surface area contributed by atoms with E-state index >= 15 is 0 Å². The lowest BCUT2D eigenvalue weighted by atomic mass is 10.2. The Morgan fingerprint density at radius 1 is 1.23 bits per heavy atom. The first-order valence-corrected chi connectivity index (χ1v) is 12.3. The van der Waals surface area contributed by atoms with Crippen molar-refractivity contribution in [1.82, 2.24) is 4.31 Å². The van der Waals surface area contributed by atoms with Gasteiger partial charge in [0, 0.05) is 23.7 Å². The third-order valence-corrected chi connectivity index (χ3v) is 8.20. The number of morpholine rings is 1. The van der Waals surface area contributed by atoms with Crippen LogP contribution < -0.4 is 5.32 Å². The molecule has 8 nitrogen and oxygen atoms in total. The molecule has 1 atom stereocenters. The fourth-order valence-corrected chi connectivity index (χ4v) is 5.54. The van der Waals surface area contributed by atoms with E-state index in [2.05, 4.69) is 5.32 Å². The Labute approximate surface area is 186 Å². The van der Waals surface area contributed by atoms with Gasteiger partial charge in [-0.1, -0.05) is 6.92 Å². The second-order valence-electron chi connectivity index (χ2n) is 7.15. The molecule has 1 saturated heterocycles. The molecular formula is C21H26N2O6S2. The van der Waals surface area contributed by atoms with Gasteiger partial charge >= 0.3 is 5.97 Å². The molecular weight excluding hydrogens is 440 g/mol. The molecule has 1 aliphatic rings. The minimum atomic E-state index is -3.60. The molecule has 0 aliphatic carbocycles. The van der Waals surface area contributed by atoms with Gasteiger partial charge in [0.2, 0.25) is 10.0 Å². The lowest BCUT2D eigenvalue weighted by Crippen LogP contribution is -2.40. The maximum absolute atomic E-state index is 12.7. The summed E-state index contributed by atoms with van der Waals surface area (Å²) in [5.41, 5.74) is 1.44. The van der Waals surface area contributed by atoms with Gasteiger partial charge in [-0.25, -0.2) is 13.2 Å². The molecule has 0 radical (unpaired) electrons. The van der Waals surface area contributed by atoms with E-state index in [-0.39, 0.29) is 4.90 Å². The van der Waals surface area contributed by atoms with Crippen LogP contribution in [0.2, 0.25) is 0 Å². The van der Waals surface area contributed by atoms with E-state index < -0.39 is 28.0 Å². The number of thiophene rings is 1. The van der Waals surface area contributed by atoms with Crippen molar-refractivity contribution in [3.8, 4) is 0 Å². The quantitative estimate of drug-likeness (QED) is 0.630. The molecule has 1 fully saturated rings. The smallest absolute Gasteiger partial charge is 0.349 e. The number of hydrogen-bond acceptors (Lipinski definition) is 7. The van der Waals surface area contributed by atoms with E-state index in [0.717, 1.165) is 16.9 Å². The Morgan fingerprint density at radius 3 is 2.45 bits per heavy atom. The molecule has 2 heterocycles. The van der Waals surface area contributed by atoms with Crippen molar-refractivity contribution in [3.05, 3.63) is 45.6 Å². The highest BCUT2D eigenvalue weighted by Gasteiger charge is 2.26. The van der Waals surface area contributed by atoms with Crippen molar-refractivity contribution in [3.63, 3.8) is 0 Å². The first-order valence-electron chi connectivity index (χ1n) is 10.0. The van der Waals surface area contributed by atoms with Gasteiger partial charge in [0.25, 0.3) is 5.91 Å². The third-order valence-electron chi connectivity index (χ3n) is 4.93. The molecule has 1 amide bonds. The highest BCUT2D eigenvalue weighted by molar-refractivity contribution is 7.89. The standard InChI is InChI=1S/C21H26N2O6S2/c1-4-18-14(2)13-19(30-18)21(25)29-15(3)20(24)22-16-5-7-17(8-6-16)31(26,27)23-9-11-28-12-10-23/h5-8,13,15H,4,9-12H2,1-3H3,(H,22,24). The SMILES string of the molecule is CCc1sc(C(=O)OC(C)C(=O)Nc2ccc(S(=O)(=O)N3CCOCC3)cc2)cc1C.